The number of hydrogen-bond donors (Lipinski definition) is 0. The van der Waals surface area contributed by atoms with Crippen LogP contribution in [-0.2, 0) is 0 Å². The van der Waals surface area contributed by atoms with Crippen LogP contribution in [0.4, 0.5) is 5.13 Å². The van der Waals surface area contributed by atoms with E-state index in [1.807, 2.05) is 24.3 Å². The predicted octanol–water partition coefficient (Wildman–Crippen LogP) is 4.31. The van der Waals surface area contributed by atoms with Crippen molar-refractivity contribution in [2.45, 2.75) is 38.1 Å². The third-order valence-corrected chi connectivity index (χ3v) is 6.15. The molecule has 0 N–H and O–H groups in total. The molecule has 0 amide bonds. The number of anilines is 1. The number of halogens is 1. The van der Waals surface area contributed by atoms with E-state index in [0.717, 1.165) is 40.7 Å². The molecule has 0 radical (unpaired) electrons. The molecule has 2 saturated heterocycles. The van der Waals surface area contributed by atoms with Crippen LogP contribution >= 0.6 is 23.1 Å². The van der Waals surface area contributed by atoms with Gasteiger partial charge in [-0.2, -0.15) is 9.36 Å². The second-order valence-electron chi connectivity index (χ2n) is 6.73. The molecule has 2 fully saturated rings. The van der Waals surface area contributed by atoms with Gasteiger partial charge >= 0.3 is 0 Å². The average molecular weight is 363 g/mol. The first-order valence-electron chi connectivity index (χ1n) is 8.88. The van der Waals surface area contributed by atoms with Gasteiger partial charge < -0.3 is 9.80 Å². The van der Waals surface area contributed by atoms with Crippen molar-refractivity contribution in [3.8, 4) is 11.4 Å². The number of aromatic nitrogens is 2. The lowest BCUT2D eigenvalue weighted by molar-refractivity contribution is 0.141. The maximum Gasteiger partial charge on any atom is 0.205 e. The van der Waals surface area contributed by atoms with Crippen LogP contribution in [0.2, 0.25) is 5.02 Å². The summed E-state index contributed by atoms with van der Waals surface area (Å²) in [4.78, 5) is 9.85. The molecule has 1 aromatic heterocycles. The van der Waals surface area contributed by atoms with E-state index >= 15 is 0 Å². The highest BCUT2D eigenvalue weighted by Crippen LogP contribution is 2.29. The fourth-order valence-electron chi connectivity index (χ4n) is 3.79. The van der Waals surface area contributed by atoms with E-state index in [1.165, 1.54) is 56.7 Å². The second kappa shape index (κ2) is 7.38. The molecule has 4 nitrogen and oxygen atoms in total. The van der Waals surface area contributed by atoms with Crippen LogP contribution in [-0.4, -0.2) is 46.5 Å². The van der Waals surface area contributed by atoms with E-state index in [0.29, 0.717) is 0 Å². The lowest BCUT2D eigenvalue weighted by Gasteiger charge is -2.40. The zero-order valence-corrected chi connectivity index (χ0v) is 15.4. The van der Waals surface area contributed by atoms with Crippen molar-refractivity contribution in [3.63, 3.8) is 0 Å². The van der Waals surface area contributed by atoms with Crippen molar-refractivity contribution in [1.82, 2.24) is 14.3 Å². The molecule has 1 aromatic carbocycles. The lowest BCUT2D eigenvalue weighted by atomic mass is 10.0. The lowest BCUT2D eigenvalue weighted by Crippen LogP contribution is -2.46. The molecule has 2 aliphatic heterocycles. The van der Waals surface area contributed by atoms with Crippen molar-refractivity contribution >= 4 is 28.3 Å². The largest absolute Gasteiger partial charge is 0.347 e. The Hall–Kier alpha value is -1.17. The van der Waals surface area contributed by atoms with Crippen LogP contribution in [0.25, 0.3) is 11.4 Å². The van der Waals surface area contributed by atoms with Crippen molar-refractivity contribution in [2.24, 2.45) is 0 Å². The summed E-state index contributed by atoms with van der Waals surface area (Å²) in [5.74, 6) is 0.788. The number of likely N-dealkylation sites (tertiary alicyclic amines) is 1. The summed E-state index contributed by atoms with van der Waals surface area (Å²) in [5, 5.41) is 1.77. The molecule has 0 bridgehead atoms. The molecule has 0 atom stereocenters. The summed E-state index contributed by atoms with van der Waals surface area (Å²) in [6.07, 6.45) is 6.64. The Kier molecular flexibility index (Phi) is 5.01. The minimum atomic E-state index is 0.728. The van der Waals surface area contributed by atoms with Gasteiger partial charge in [0.15, 0.2) is 5.82 Å². The maximum atomic E-state index is 6.07. The third-order valence-electron chi connectivity index (χ3n) is 5.14. The Morgan fingerprint density at radius 2 is 1.83 bits per heavy atom. The van der Waals surface area contributed by atoms with Gasteiger partial charge in [0, 0.05) is 41.2 Å². The molecule has 4 rings (SSSR count). The molecular formula is C18H23ClN4S. The van der Waals surface area contributed by atoms with Crippen LogP contribution < -0.4 is 4.90 Å². The van der Waals surface area contributed by atoms with E-state index in [1.54, 1.807) is 0 Å². The van der Waals surface area contributed by atoms with Crippen LogP contribution in [0, 0.1) is 0 Å². The van der Waals surface area contributed by atoms with Crippen LogP contribution in [0.5, 0.6) is 0 Å². The van der Waals surface area contributed by atoms with Gasteiger partial charge in [-0.3, -0.25) is 0 Å². The van der Waals surface area contributed by atoms with Gasteiger partial charge in [0.1, 0.15) is 0 Å². The first-order valence-corrected chi connectivity index (χ1v) is 10.0. The number of piperidine rings is 2. The quantitative estimate of drug-likeness (QED) is 0.814. The van der Waals surface area contributed by atoms with Gasteiger partial charge in [0.25, 0.3) is 0 Å². The van der Waals surface area contributed by atoms with Crippen molar-refractivity contribution < 1.29 is 0 Å². The minimum absolute atomic E-state index is 0.728. The molecule has 0 saturated carbocycles. The molecule has 3 heterocycles. The van der Waals surface area contributed by atoms with E-state index in [9.17, 15) is 0 Å². The maximum absolute atomic E-state index is 6.07. The van der Waals surface area contributed by atoms with Crippen LogP contribution in [0.15, 0.2) is 24.3 Å². The van der Waals surface area contributed by atoms with E-state index in [2.05, 4.69) is 14.2 Å². The standard InChI is InChI=1S/C18H23ClN4S/c19-15-6-4-5-14(13-15)17-20-18(24-21-17)23-11-7-16(8-12-23)22-9-2-1-3-10-22/h4-6,13,16H,1-3,7-12H2. The minimum Gasteiger partial charge on any atom is -0.347 e. The number of rotatable bonds is 3. The smallest absolute Gasteiger partial charge is 0.205 e. The first kappa shape index (κ1) is 16.3. The summed E-state index contributed by atoms with van der Waals surface area (Å²) in [5.41, 5.74) is 0.994. The summed E-state index contributed by atoms with van der Waals surface area (Å²) >= 11 is 7.57. The van der Waals surface area contributed by atoms with Crippen molar-refractivity contribution in [3.05, 3.63) is 29.3 Å². The Bertz CT molecular complexity index is 675. The highest BCUT2D eigenvalue weighted by atomic mass is 35.5. The van der Waals surface area contributed by atoms with E-state index < -0.39 is 0 Å². The van der Waals surface area contributed by atoms with E-state index in [4.69, 9.17) is 16.6 Å². The molecule has 2 aliphatic rings. The average Bonchev–Trinajstić information content (AvgIpc) is 3.13. The third kappa shape index (κ3) is 3.58. The van der Waals surface area contributed by atoms with Gasteiger partial charge in [0.05, 0.1) is 0 Å². The zero-order valence-electron chi connectivity index (χ0n) is 13.8. The van der Waals surface area contributed by atoms with Gasteiger partial charge in [-0.25, -0.2) is 0 Å². The van der Waals surface area contributed by atoms with Crippen LogP contribution in [0.3, 0.4) is 0 Å². The first-order chi connectivity index (χ1) is 11.8. The number of hydrogen-bond acceptors (Lipinski definition) is 5. The molecule has 2 aromatic rings. The fourth-order valence-corrected chi connectivity index (χ4v) is 4.72. The van der Waals surface area contributed by atoms with Crippen molar-refractivity contribution in [2.75, 3.05) is 31.1 Å². The number of benzene rings is 1. The molecule has 0 aliphatic carbocycles. The van der Waals surface area contributed by atoms with Crippen LogP contribution in [0.1, 0.15) is 32.1 Å². The second-order valence-corrected chi connectivity index (χ2v) is 7.89. The zero-order chi connectivity index (χ0) is 16.4. The van der Waals surface area contributed by atoms with Gasteiger partial charge in [0.2, 0.25) is 5.13 Å². The van der Waals surface area contributed by atoms with Gasteiger partial charge in [-0.1, -0.05) is 30.2 Å². The predicted molar refractivity (Wildman–Crippen MR) is 101 cm³/mol. The van der Waals surface area contributed by atoms with Gasteiger partial charge in [-0.05, 0) is 50.9 Å². The molecule has 0 spiro atoms. The number of nitrogens with zero attached hydrogens (tertiary/aromatic N) is 4. The normalized spacial score (nSPS) is 20.5. The summed E-state index contributed by atoms with van der Waals surface area (Å²) in [7, 11) is 0. The Morgan fingerprint density at radius 3 is 2.58 bits per heavy atom. The molecule has 6 heteroatoms. The van der Waals surface area contributed by atoms with Gasteiger partial charge in [-0.15, -0.1) is 0 Å². The monoisotopic (exact) mass is 362 g/mol. The molecule has 128 valence electrons. The van der Waals surface area contributed by atoms with Crippen molar-refractivity contribution in [1.29, 1.82) is 0 Å². The Morgan fingerprint density at radius 1 is 1.04 bits per heavy atom. The fraction of sp³-hybridized carbons (Fsp3) is 0.556. The topological polar surface area (TPSA) is 32.3 Å². The molecule has 0 unspecified atom stereocenters. The van der Waals surface area contributed by atoms with E-state index in [-0.39, 0.29) is 0 Å². The Labute approximate surface area is 152 Å². The summed E-state index contributed by atoms with van der Waals surface area (Å²) in [6, 6.07) is 8.53. The highest BCUT2D eigenvalue weighted by molar-refractivity contribution is 7.09. The summed E-state index contributed by atoms with van der Waals surface area (Å²) in [6.45, 7) is 4.77. The SMILES string of the molecule is Clc1cccc(-c2nsc(N3CCC(N4CCCCC4)CC3)n2)c1. The summed E-state index contributed by atoms with van der Waals surface area (Å²) < 4.78 is 4.53. The molecular weight excluding hydrogens is 340 g/mol. The molecule has 24 heavy (non-hydrogen) atoms. The highest BCUT2D eigenvalue weighted by Gasteiger charge is 2.27. The Balaban J connectivity index is 1.39.